The van der Waals surface area contributed by atoms with Crippen LogP contribution in [0.1, 0.15) is 48.0 Å². The Morgan fingerprint density at radius 1 is 0.947 bits per heavy atom. The maximum atomic E-state index is 13.4. The predicted octanol–water partition coefficient (Wildman–Crippen LogP) is 5.49. The second-order valence-corrected chi connectivity index (χ2v) is 10.6. The van der Waals surface area contributed by atoms with Crippen molar-refractivity contribution in [1.82, 2.24) is 14.9 Å². The van der Waals surface area contributed by atoms with Crippen LogP contribution in [-0.4, -0.2) is 33.2 Å². The van der Waals surface area contributed by atoms with Crippen molar-refractivity contribution in [2.45, 2.75) is 50.2 Å². The average Bonchev–Trinajstić information content (AvgIpc) is 2.94. The highest BCUT2D eigenvalue weighted by atomic mass is 32.2. The first-order chi connectivity index (χ1) is 18.5. The van der Waals surface area contributed by atoms with Gasteiger partial charge in [-0.25, -0.2) is 4.98 Å². The molecule has 1 fully saturated rings. The van der Waals surface area contributed by atoms with Crippen LogP contribution in [0.25, 0.3) is 16.6 Å². The van der Waals surface area contributed by atoms with Crippen molar-refractivity contribution in [3.8, 4) is 5.69 Å². The van der Waals surface area contributed by atoms with E-state index in [9.17, 15) is 14.4 Å². The molecule has 0 spiro atoms. The van der Waals surface area contributed by atoms with Gasteiger partial charge in [0.25, 0.3) is 11.5 Å². The van der Waals surface area contributed by atoms with E-state index >= 15 is 0 Å². The Kier molecular flexibility index (Phi) is 7.89. The van der Waals surface area contributed by atoms with Gasteiger partial charge < -0.3 is 10.6 Å². The molecule has 194 valence electrons. The van der Waals surface area contributed by atoms with Crippen LogP contribution in [-0.2, 0) is 4.79 Å². The molecule has 0 bridgehead atoms. The lowest BCUT2D eigenvalue weighted by Crippen LogP contribution is -2.36. The first kappa shape index (κ1) is 25.7. The van der Waals surface area contributed by atoms with Crippen LogP contribution in [0.4, 0.5) is 5.69 Å². The summed E-state index contributed by atoms with van der Waals surface area (Å²) in [5.74, 6) is -0.241. The van der Waals surface area contributed by atoms with Gasteiger partial charge in [-0.3, -0.25) is 19.0 Å². The molecular weight excluding hydrogens is 496 g/mol. The molecule has 1 heterocycles. The largest absolute Gasteiger partial charge is 0.349 e. The molecule has 7 nitrogen and oxygen atoms in total. The molecule has 0 unspecified atom stereocenters. The van der Waals surface area contributed by atoms with Crippen LogP contribution in [0.15, 0.2) is 82.7 Å². The van der Waals surface area contributed by atoms with E-state index in [1.165, 1.54) is 18.2 Å². The number of benzene rings is 3. The van der Waals surface area contributed by atoms with Crippen molar-refractivity contribution in [2.75, 3.05) is 11.1 Å². The molecule has 1 saturated carbocycles. The maximum absolute atomic E-state index is 13.4. The van der Waals surface area contributed by atoms with E-state index in [2.05, 4.69) is 10.6 Å². The van der Waals surface area contributed by atoms with Crippen molar-refractivity contribution in [1.29, 1.82) is 0 Å². The molecule has 5 rings (SSSR count). The van der Waals surface area contributed by atoms with E-state index in [-0.39, 0.29) is 29.2 Å². The number of aromatic nitrogens is 2. The van der Waals surface area contributed by atoms with Crippen molar-refractivity contribution < 1.29 is 9.59 Å². The molecule has 0 aliphatic heterocycles. The van der Waals surface area contributed by atoms with Gasteiger partial charge >= 0.3 is 0 Å². The van der Waals surface area contributed by atoms with Gasteiger partial charge in [-0.15, -0.1) is 0 Å². The van der Waals surface area contributed by atoms with E-state index in [0.717, 1.165) is 31.2 Å². The van der Waals surface area contributed by atoms with Crippen LogP contribution in [0.2, 0.25) is 0 Å². The zero-order chi connectivity index (χ0) is 26.5. The van der Waals surface area contributed by atoms with E-state index in [0.29, 0.717) is 33.0 Å². The van der Waals surface area contributed by atoms with Crippen molar-refractivity contribution in [2.24, 2.45) is 0 Å². The quantitative estimate of drug-likeness (QED) is 0.245. The number of hydrogen-bond donors (Lipinski definition) is 2. The number of carbonyl (C=O) groups is 2. The summed E-state index contributed by atoms with van der Waals surface area (Å²) in [5, 5.41) is 6.95. The Bertz CT molecular complexity index is 1510. The molecule has 2 amide bonds. The highest BCUT2D eigenvalue weighted by Gasteiger charge is 2.17. The Hall–Kier alpha value is -3.91. The monoisotopic (exact) mass is 526 g/mol. The Labute approximate surface area is 225 Å². The van der Waals surface area contributed by atoms with Crippen LogP contribution in [0, 0.1) is 6.92 Å². The Balaban J connectivity index is 1.27. The molecule has 0 atom stereocenters. The SMILES string of the molecule is Cc1ccc(-n2c(SCC(=O)Nc3ccc(C(=O)NC4CCCCC4)cc3)nc3ccccc3c2=O)cc1. The number of nitrogens with one attached hydrogen (secondary N) is 2. The van der Waals surface area contributed by atoms with E-state index in [4.69, 9.17) is 4.98 Å². The number of aryl methyl sites for hydroxylation is 1. The minimum atomic E-state index is -0.229. The molecule has 1 aliphatic rings. The van der Waals surface area contributed by atoms with Crippen LogP contribution in [0.3, 0.4) is 0 Å². The van der Waals surface area contributed by atoms with Crippen molar-refractivity contribution in [3.63, 3.8) is 0 Å². The number of nitrogens with zero attached hydrogens (tertiary/aromatic N) is 2. The van der Waals surface area contributed by atoms with E-state index in [1.54, 1.807) is 41.0 Å². The van der Waals surface area contributed by atoms with Gasteiger partial charge in [0.05, 0.1) is 22.3 Å². The van der Waals surface area contributed by atoms with Gasteiger partial charge in [0.1, 0.15) is 0 Å². The van der Waals surface area contributed by atoms with Gasteiger partial charge in [-0.2, -0.15) is 0 Å². The number of hydrogen-bond acceptors (Lipinski definition) is 5. The maximum Gasteiger partial charge on any atom is 0.266 e. The number of thioether (sulfide) groups is 1. The fraction of sp³-hybridized carbons (Fsp3) is 0.267. The summed E-state index contributed by atoms with van der Waals surface area (Å²) in [6.07, 6.45) is 5.61. The molecule has 1 aliphatic carbocycles. The second kappa shape index (κ2) is 11.6. The molecule has 38 heavy (non-hydrogen) atoms. The van der Waals surface area contributed by atoms with Crippen LogP contribution < -0.4 is 16.2 Å². The van der Waals surface area contributed by atoms with E-state index < -0.39 is 0 Å². The van der Waals surface area contributed by atoms with E-state index in [1.807, 2.05) is 43.3 Å². The van der Waals surface area contributed by atoms with Crippen molar-refractivity contribution in [3.05, 3.63) is 94.3 Å². The highest BCUT2D eigenvalue weighted by Crippen LogP contribution is 2.22. The van der Waals surface area contributed by atoms with Gasteiger partial charge in [0, 0.05) is 17.3 Å². The third-order valence-corrected chi connectivity index (χ3v) is 7.68. The number of anilines is 1. The summed E-state index contributed by atoms with van der Waals surface area (Å²) in [4.78, 5) is 43.4. The topological polar surface area (TPSA) is 93.1 Å². The lowest BCUT2D eigenvalue weighted by molar-refractivity contribution is -0.113. The van der Waals surface area contributed by atoms with Gasteiger partial charge in [-0.05, 0) is 68.3 Å². The molecule has 2 N–H and O–H groups in total. The zero-order valence-corrected chi connectivity index (χ0v) is 22.1. The summed E-state index contributed by atoms with van der Waals surface area (Å²) in [6, 6.07) is 22.0. The van der Waals surface area contributed by atoms with Gasteiger partial charge in [0.2, 0.25) is 5.91 Å². The number of fused-ring (bicyclic) bond motifs is 1. The average molecular weight is 527 g/mol. The normalized spacial score (nSPS) is 13.8. The van der Waals surface area contributed by atoms with Gasteiger partial charge in [-0.1, -0.05) is 60.9 Å². The lowest BCUT2D eigenvalue weighted by Gasteiger charge is -2.22. The Morgan fingerprint density at radius 3 is 2.39 bits per heavy atom. The number of amides is 2. The summed E-state index contributed by atoms with van der Waals surface area (Å²) >= 11 is 1.21. The molecule has 8 heteroatoms. The van der Waals surface area contributed by atoms with Gasteiger partial charge in [0.15, 0.2) is 5.16 Å². The molecule has 4 aromatic rings. The zero-order valence-electron chi connectivity index (χ0n) is 21.3. The first-order valence-corrected chi connectivity index (χ1v) is 13.9. The molecular formula is C30H30N4O3S. The third kappa shape index (κ3) is 5.97. The number of carbonyl (C=O) groups excluding carboxylic acids is 2. The predicted molar refractivity (Wildman–Crippen MR) is 152 cm³/mol. The first-order valence-electron chi connectivity index (χ1n) is 12.9. The Morgan fingerprint density at radius 2 is 1.66 bits per heavy atom. The van der Waals surface area contributed by atoms with Crippen molar-refractivity contribution >= 4 is 40.2 Å². The molecule has 0 saturated heterocycles. The van der Waals surface area contributed by atoms with Crippen LogP contribution in [0.5, 0.6) is 0 Å². The second-order valence-electron chi connectivity index (χ2n) is 9.61. The molecule has 1 aromatic heterocycles. The number of para-hydroxylation sites is 1. The summed E-state index contributed by atoms with van der Waals surface area (Å²) in [5.41, 5.74) is 3.37. The summed E-state index contributed by atoms with van der Waals surface area (Å²) in [7, 11) is 0. The number of rotatable bonds is 7. The standard InChI is InChI=1S/C30H30N4O3S/c1-20-11-17-24(18-12-20)34-29(37)25-9-5-6-10-26(25)33-30(34)38-19-27(35)31-23-15-13-21(14-16-23)28(36)32-22-7-3-2-4-8-22/h5-6,9-18,22H,2-4,7-8,19H2,1H3,(H,31,35)(H,32,36). The fourth-order valence-electron chi connectivity index (χ4n) is 4.68. The third-order valence-electron chi connectivity index (χ3n) is 6.74. The minimum Gasteiger partial charge on any atom is -0.349 e. The smallest absolute Gasteiger partial charge is 0.266 e. The minimum absolute atomic E-state index is 0.0700. The fourth-order valence-corrected chi connectivity index (χ4v) is 5.49. The summed E-state index contributed by atoms with van der Waals surface area (Å²) < 4.78 is 1.56. The highest BCUT2D eigenvalue weighted by molar-refractivity contribution is 7.99. The summed E-state index contributed by atoms with van der Waals surface area (Å²) in [6.45, 7) is 1.99. The van der Waals surface area contributed by atoms with Crippen LogP contribution >= 0.6 is 11.8 Å². The lowest BCUT2D eigenvalue weighted by atomic mass is 9.95. The molecule has 0 radical (unpaired) electrons. The molecule has 3 aromatic carbocycles.